The van der Waals surface area contributed by atoms with Gasteiger partial charge in [-0.3, -0.25) is 4.79 Å². The molecule has 0 fully saturated rings. The predicted octanol–water partition coefficient (Wildman–Crippen LogP) is 3.02. The van der Waals surface area contributed by atoms with E-state index < -0.39 is 0 Å². The molecule has 1 rings (SSSR count). The van der Waals surface area contributed by atoms with Gasteiger partial charge in [-0.2, -0.15) is 0 Å². The Morgan fingerprint density at radius 2 is 2.12 bits per heavy atom. The van der Waals surface area contributed by atoms with Gasteiger partial charge in [0.2, 0.25) is 0 Å². The summed E-state index contributed by atoms with van der Waals surface area (Å²) >= 11 is 0. The zero-order valence-electron chi connectivity index (χ0n) is 10.2. The van der Waals surface area contributed by atoms with Crippen molar-refractivity contribution in [1.29, 1.82) is 0 Å². The highest BCUT2D eigenvalue weighted by molar-refractivity contribution is 5.95. The summed E-state index contributed by atoms with van der Waals surface area (Å²) in [6.45, 7) is 10.5. The summed E-state index contributed by atoms with van der Waals surface area (Å²) in [5, 5.41) is 2.90. The first-order valence-electron chi connectivity index (χ1n) is 5.55. The number of hydrogen-bond acceptors (Lipinski definition) is 1. The first-order valence-corrected chi connectivity index (χ1v) is 5.55. The van der Waals surface area contributed by atoms with E-state index in [0.29, 0.717) is 18.0 Å². The number of hydrogen-bond donors (Lipinski definition) is 1. The number of aryl methyl sites for hydroxylation is 1. The van der Waals surface area contributed by atoms with Gasteiger partial charge in [0, 0.05) is 12.1 Å². The molecule has 0 atom stereocenters. The molecule has 0 saturated heterocycles. The normalized spacial score (nSPS) is 10.2. The van der Waals surface area contributed by atoms with Crippen molar-refractivity contribution in [3.05, 3.63) is 41.5 Å². The molecule has 0 spiro atoms. The molecule has 0 aromatic heterocycles. The van der Waals surface area contributed by atoms with E-state index in [-0.39, 0.29) is 5.91 Å². The summed E-state index contributed by atoms with van der Waals surface area (Å²) in [5.41, 5.74) is 2.76. The molecule has 0 aliphatic rings. The third kappa shape index (κ3) is 3.54. The standard InChI is InChI=1S/C14H19NO/c1-5-12-6-11(4)7-13(8-12)14(16)15-9-10(2)3/h5-8,10H,1,9H2,2-4H3,(H,15,16). The Kier molecular flexibility index (Phi) is 4.29. The van der Waals surface area contributed by atoms with Crippen LogP contribution in [-0.2, 0) is 0 Å². The van der Waals surface area contributed by atoms with Crippen LogP contribution in [-0.4, -0.2) is 12.5 Å². The molecule has 0 unspecified atom stereocenters. The van der Waals surface area contributed by atoms with E-state index in [9.17, 15) is 4.79 Å². The maximum atomic E-state index is 11.8. The van der Waals surface area contributed by atoms with Gasteiger partial charge in [-0.05, 0) is 36.1 Å². The van der Waals surface area contributed by atoms with Crippen molar-refractivity contribution >= 4 is 12.0 Å². The van der Waals surface area contributed by atoms with Crippen LogP contribution in [0.3, 0.4) is 0 Å². The SMILES string of the molecule is C=Cc1cc(C)cc(C(=O)NCC(C)C)c1. The minimum Gasteiger partial charge on any atom is -0.352 e. The number of carbonyl (C=O) groups excluding carboxylic acids is 1. The van der Waals surface area contributed by atoms with E-state index in [1.54, 1.807) is 6.08 Å². The number of carbonyl (C=O) groups is 1. The lowest BCUT2D eigenvalue weighted by molar-refractivity contribution is 0.0949. The van der Waals surface area contributed by atoms with Gasteiger partial charge in [-0.15, -0.1) is 0 Å². The largest absolute Gasteiger partial charge is 0.352 e. The van der Waals surface area contributed by atoms with Crippen LogP contribution >= 0.6 is 0 Å². The fourth-order valence-electron chi connectivity index (χ4n) is 1.46. The first-order chi connectivity index (χ1) is 7.52. The molecule has 2 nitrogen and oxygen atoms in total. The van der Waals surface area contributed by atoms with Crippen LogP contribution in [0, 0.1) is 12.8 Å². The molecule has 1 amide bonds. The Balaban J connectivity index is 2.82. The first kappa shape index (κ1) is 12.5. The summed E-state index contributed by atoms with van der Waals surface area (Å²) in [5.74, 6) is 0.452. The minimum absolute atomic E-state index is 0.0134. The van der Waals surface area contributed by atoms with Gasteiger partial charge < -0.3 is 5.32 Å². The highest BCUT2D eigenvalue weighted by Crippen LogP contribution is 2.10. The smallest absolute Gasteiger partial charge is 0.251 e. The Morgan fingerprint density at radius 1 is 1.44 bits per heavy atom. The lowest BCUT2D eigenvalue weighted by Crippen LogP contribution is -2.27. The summed E-state index contributed by atoms with van der Waals surface area (Å²) < 4.78 is 0. The summed E-state index contributed by atoms with van der Waals surface area (Å²) in [6, 6.07) is 5.75. The lowest BCUT2D eigenvalue weighted by Gasteiger charge is -2.09. The topological polar surface area (TPSA) is 29.1 Å². The van der Waals surface area contributed by atoms with E-state index in [1.165, 1.54) is 0 Å². The van der Waals surface area contributed by atoms with E-state index in [4.69, 9.17) is 0 Å². The van der Waals surface area contributed by atoms with Gasteiger partial charge in [0.05, 0.1) is 0 Å². The zero-order valence-corrected chi connectivity index (χ0v) is 10.2. The van der Waals surface area contributed by atoms with Crippen LogP contribution in [0.1, 0.15) is 35.3 Å². The number of benzene rings is 1. The van der Waals surface area contributed by atoms with Crippen molar-refractivity contribution in [2.24, 2.45) is 5.92 Å². The van der Waals surface area contributed by atoms with Crippen LogP contribution < -0.4 is 5.32 Å². The van der Waals surface area contributed by atoms with E-state index >= 15 is 0 Å². The Labute approximate surface area is 97.4 Å². The molecule has 16 heavy (non-hydrogen) atoms. The molecule has 0 bridgehead atoms. The molecule has 86 valence electrons. The lowest BCUT2D eigenvalue weighted by atomic mass is 10.1. The van der Waals surface area contributed by atoms with Crippen molar-refractivity contribution in [2.45, 2.75) is 20.8 Å². The molecule has 1 aromatic rings. The van der Waals surface area contributed by atoms with Gasteiger partial charge in [-0.1, -0.05) is 32.6 Å². The molecule has 0 aliphatic carbocycles. The monoisotopic (exact) mass is 217 g/mol. The van der Waals surface area contributed by atoms with E-state index in [1.807, 2.05) is 25.1 Å². The highest BCUT2D eigenvalue weighted by Gasteiger charge is 2.06. The van der Waals surface area contributed by atoms with Crippen molar-refractivity contribution in [3.8, 4) is 0 Å². The van der Waals surface area contributed by atoms with Gasteiger partial charge in [0.1, 0.15) is 0 Å². The van der Waals surface area contributed by atoms with Crippen LogP contribution in [0.25, 0.3) is 6.08 Å². The molecule has 0 saturated carbocycles. The van der Waals surface area contributed by atoms with Gasteiger partial charge in [0.15, 0.2) is 0 Å². The van der Waals surface area contributed by atoms with Crippen LogP contribution in [0.4, 0.5) is 0 Å². The summed E-state index contributed by atoms with van der Waals surface area (Å²) in [4.78, 5) is 11.8. The van der Waals surface area contributed by atoms with E-state index in [0.717, 1.165) is 11.1 Å². The number of nitrogens with one attached hydrogen (secondary N) is 1. The second-order valence-corrected chi connectivity index (χ2v) is 4.44. The summed E-state index contributed by atoms with van der Waals surface area (Å²) in [6.07, 6.45) is 1.76. The molecular weight excluding hydrogens is 198 g/mol. The molecule has 1 N–H and O–H groups in total. The second-order valence-electron chi connectivity index (χ2n) is 4.44. The van der Waals surface area contributed by atoms with Crippen molar-refractivity contribution < 1.29 is 4.79 Å². The zero-order chi connectivity index (χ0) is 12.1. The third-order valence-corrected chi connectivity index (χ3v) is 2.27. The number of amides is 1. The quantitative estimate of drug-likeness (QED) is 0.825. The van der Waals surface area contributed by atoms with Gasteiger partial charge in [0.25, 0.3) is 5.91 Å². The number of rotatable bonds is 4. The van der Waals surface area contributed by atoms with E-state index in [2.05, 4.69) is 25.7 Å². The van der Waals surface area contributed by atoms with Gasteiger partial charge in [-0.25, -0.2) is 0 Å². The van der Waals surface area contributed by atoms with Crippen molar-refractivity contribution in [1.82, 2.24) is 5.32 Å². The maximum Gasteiger partial charge on any atom is 0.251 e. The van der Waals surface area contributed by atoms with Crippen LogP contribution in [0.5, 0.6) is 0 Å². The average Bonchev–Trinajstić information content (AvgIpc) is 2.24. The van der Waals surface area contributed by atoms with Crippen LogP contribution in [0.2, 0.25) is 0 Å². The summed E-state index contributed by atoms with van der Waals surface area (Å²) in [7, 11) is 0. The molecule has 0 aliphatic heterocycles. The second kappa shape index (κ2) is 5.50. The molecule has 0 heterocycles. The fraction of sp³-hybridized carbons (Fsp3) is 0.357. The van der Waals surface area contributed by atoms with Crippen LogP contribution in [0.15, 0.2) is 24.8 Å². The van der Waals surface area contributed by atoms with Gasteiger partial charge >= 0.3 is 0 Å². The minimum atomic E-state index is -0.0134. The fourth-order valence-corrected chi connectivity index (χ4v) is 1.46. The predicted molar refractivity (Wildman–Crippen MR) is 68.4 cm³/mol. The molecular formula is C14H19NO. The Bertz CT molecular complexity index is 394. The molecule has 0 radical (unpaired) electrons. The molecule has 2 heteroatoms. The Morgan fingerprint density at radius 3 is 2.69 bits per heavy atom. The van der Waals surface area contributed by atoms with Crippen molar-refractivity contribution in [3.63, 3.8) is 0 Å². The Hall–Kier alpha value is -1.57. The average molecular weight is 217 g/mol. The maximum absolute atomic E-state index is 11.8. The highest BCUT2D eigenvalue weighted by atomic mass is 16.1. The molecule has 1 aromatic carbocycles. The third-order valence-electron chi connectivity index (χ3n) is 2.27. The van der Waals surface area contributed by atoms with Crippen molar-refractivity contribution in [2.75, 3.05) is 6.54 Å².